The predicted octanol–water partition coefficient (Wildman–Crippen LogP) is 0.898. The molecule has 4 rings (SSSR count). The van der Waals surface area contributed by atoms with Gasteiger partial charge in [0.05, 0.1) is 37.1 Å². The van der Waals surface area contributed by atoms with Crippen LogP contribution in [0.3, 0.4) is 0 Å². The van der Waals surface area contributed by atoms with Crippen LogP contribution in [0, 0.1) is 5.82 Å². The number of piperazine rings is 1. The van der Waals surface area contributed by atoms with E-state index in [4.69, 9.17) is 0 Å². The van der Waals surface area contributed by atoms with Crippen molar-refractivity contribution in [3.05, 3.63) is 71.0 Å². The van der Waals surface area contributed by atoms with Crippen LogP contribution in [0.2, 0.25) is 0 Å². The maximum Gasteiger partial charge on any atom is 0.265 e. The number of rotatable bonds is 3. The summed E-state index contributed by atoms with van der Waals surface area (Å²) in [5, 5.41) is 0.661. The Bertz CT molecular complexity index is 930. The van der Waals surface area contributed by atoms with Gasteiger partial charge in [-0.05, 0) is 36.4 Å². The molecule has 0 aliphatic carbocycles. The van der Waals surface area contributed by atoms with Crippen molar-refractivity contribution in [3.63, 3.8) is 0 Å². The predicted molar refractivity (Wildman–Crippen MR) is 95.3 cm³/mol. The van der Waals surface area contributed by atoms with Crippen molar-refractivity contribution in [1.29, 1.82) is 0 Å². The van der Waals surface area contributed by atoms with E-state index in [1.807, 2.05) is 36.4 Å². The highest BCUT2D eigenvalue weighted by Gasteiger charge is 2.21. The van der Waals surface area contributed by atoms with E-state index >= 15 is 0 Å². The molecule has 1 fully saturated rings. The Morgan fingerprint density at radius 1 is 1.04 bits per heavy atom. The minimum absolute atomic E-state index is 0.0130. The topological polar surface area (TPSA) is 42.6 Å². The monoisotopic (exact) mass is 339 g/mol. The van der Waals surface area contributed by atoms with Gasteiger partial charge in [-0.2, -0.15) is 0 Å². The second-order valence-electron chi connectivity index (χ2n) is 6.41. The average molecular weight is 339 g/mol. The zero-order chi connectivity index (χ0) is 17.2. The summed E-state index contributed by atoms with van der Waals surface area (Å²) in [5.74, 6) is -0.212. The molecule has 0 unspecified atom stereocenters. The molecule has 6 heteroatoms. The molecule has 2 aromatic carbocycles. The standard InChI is InChI=1S/C19H19FN4O/c20-15-5-7-16(8-6-15)23-11-9-22(10-12-23)14-24-13-21-18-4-2-1-3-17(18)19(24)25/h1-8,13H,9-12,14H2/p+1. The van der Waals surface area contributed by atoms with Gasteiger partial charge in [0.2, 0.25) is 0 Å². The molecule has 5 nitrogen and oxygen atoms in total. The number of fused-ring (bicyclic) bond motifs is 1. The quantitative estimate of drug-likeness (QED) is 0.771. The van der Waals surface area contributed by atoms with E-state index in [2.05, 4.69) is 9.88 Å². The van der Waals surface area contributed by atoms with Crippen LogP contribution in [0.15, 0.2) is 59.7 Å². The van der Waals surface area contributed by atoms with Gasteiger partial charge >= 0.3 is 0 Å². The van der Waals surface area contributed by atoms with E-state index < -0.39 is 0 Å². The molecule has 1 aliphatic rings. The van der Waals surface area contributed by atoms with Crippen LogP contribution >= 0.6 is 0 Å². The first-order chi connectivity index (χ1) is 12.2. The molecule has 2 heterocycles. The van der Waals surface area contributed by atoms with Crippen LogP contribution in [0.5, 0.6) is 0 Å². The zero-order valence-corrected chi connectivity index (χ0v) is 13.9. The van der Waals surface area contributed by atoms with E-state index in [0.29, 0.717) is 12.1 Å². The largest absolute Gasteiger partial charge is 0.360 e. The van der Waals surface area contributed by atoms with Gasteiger partial charge in [-0.25, -0.2) is 13.9 Å². The third-order valence-electron chi connectivity index (χ3n) is 4.79. The Morgan fingerprint density at radius 2 is 1.76 bits per heavy atom. The smallest absolute Gasteiger partial charge is 0.265 e. The van der Waals surface area contributed by atoms with Crippen LogP contribution in [0.1, 0.15) is 0 Å². The first-order valence-electron chi connectivity index (χ1n) is 8.49. The van der Waals surface area contributed by atoms with Crippen molar-refractivity contribution < 1.29 is 9.29 Å². The lowest BCUT2D eigenvalue weighted by atomic mass is 10.2. The van der Waals surface area contributed by atoms with Crippen molar-refractivity contribution in [2.24, 2.45) is 0 Å². The van der Waals surface area contributed by atoms with Gasteiger partial charge in [-0.15, -0.1) is 0 Å². The molecule has 1 saturated heterocycles. The van der Waals surface area contributed by atoms with Crippen LogP contribution in [-0.4, -0.2) is 35.7 Å². The third kappa shape index (κ3) is 3.25. The lowest BCUT2D eigenvalue weighted by molar-refractivity contribution is -0.923. The van der Waals surface area contributed by atoms with Crippen LogP contribution in [0.25, 0.3) is 10.9 Å². The molecular weight excluding hydrogens is 319 g/mol. The number of nitrogens with zero attached hydrogens (tertiary/aromatic N) is 3. The number of para-hydroxylation sites is 1. The summed E-state index contributed by atoms with van der Waals surface area (Å²) in [5.41, 5.74) is 1.80. The van der Waals surface area contributed by atoms with E-state index in [1.54, 1.807) is 10.9 Å². The lowest BCUT2D eigenvalue weighted by Gasteiger charge is -2.33. The number of benzene rings is 2. The van der Waals surface area contributed by atoms with E-state index in [0.717, 1.165) is 37.4 Å². The summed E-state index contributed by atoms with van der Waals surface area (Å²) in [4.78, 5) is 20.6. The Labute approximate surface area is 144 Å². The fourth-order valence-electron chi connectivity index (χ4n) is 3.35. The number of anilines is 1. The summed E-state index contributed by atoms with van der Waals surface area (Å²) in [6, 6.07) is 14.1. The molecule has 0 radical (unpaired) electrons. The number of aromatic nitrogens is 2. The van der Waals surface area contributed by atoms with Crippen LogP contribution in [-0.2, 0) is 6.67 Å². The van der Waals surface area contributed by atoms with Crippen LogP contribution in [0.4, 0.5) is 10.1 Å². The highest BCUT2D eigenvalue weighted by Crippen LogP contribution is 2.14. The second kappa shape index (κ2) is 6.64. The maximum absolute atomic E-state index is 13.0. The molecule has 128 valence electrons. The van der Waals surface area contributed by atoms with Gasteiger partial charge in [-0.1, -0.05) is 12.1 Å². The van der Waals surface area contributed by atoms with E-state index in [-0.39, 0.29) is 11.4 Å². The summed E-state index contributed by atoms with van der Waals surface area (Å²) in [6.07, 6.45) is 1.64. The van der Waals surface area contributed by atoms with Gasteiger partial charge in [0, 0.05) is 5.69 Å². The molecule has 0 amide bonds. The SMILES string of the molecule is O=c1c2ccccc2ncn1C[NH+]1CCN(c2ccc(F)cc2)CC1. The summed E-state index contributed by atoms with van der Waals surface area (Å²) in [7, 11) is 0. The summed E-state index contributed by atoms with van der Waals surface area (Å²) < 4.78 is 14.7. The second-order valence-corrected chi connectivity index (χ2v) is 6.41. The highest BCUT2D eigenvalue weighted by atomic mass is 19.1. The van der Waals surface area contributed by atoms with Crippen molar-refractivity contribution >= 4 is 16.6 Å². The zero-order valence-electron chi connectivity index (χ0n) is 13.9. The van der Waals surface area contributed by atoms with Crippen molar-refractivity contribution in [1.82, 2.24) is 9.55 Å². The molecule has 1 aromatic heterocycles. The van der Waals surface area contributed by atoms with Crippen molar-refractivity contribution in [2.75, 3.05) is 31.1 Å². The molecule has 1 N–H and O–H groups in total. The third-order valence-corrected chi connectivity index (χ3v) is 4.79. The number of hydrogen-bond acceptors (Lipinski definition) is 3. The maximum atomic E-state index is 13.0. The number of halogens is 1. The number of quaternary nitrogens is 1. The van der Waals surface area contributed by atoms with Crippen molar-refractivity contribution in [3.8, 4) is 0 Å². The molecular formula is C19H20FN4O+. The Balaban J connectivity index is 1.44. The minimum atomic E-state index is -0.212. The molecule has 25 heavy (non-hydrogen) atoms. The number of nitrogens with one attached hydrogen (secondary N) is 1. The van der Waals surface area contributed by atoms with Gasteiger partial charge in [-0.3, -0.25) is 4.79 Å². The fraction of sp³-hybridized carbons (Fsp3) is 0.263. The Hall–Kier alpha value is -2.73. The van der Waals surface area contributed by atoms with Crippen molar-refractivity contribution in [2.45, 2.75) is 6.67 Å². The van der Waals surface area contributed by atoms with Gasteiger partial charge < -0.3 is 9.80 Å². The van der Waals surface area contributed by atoms with E-state index in [9.17, 15) is 9.18 Å². The summed E-state index contributed by atoms with van der Waals surface area (Å²) >= 11 is 0. The first kappa shape index (κ1) is 15.8. The fourth-order valence-corrected chi connectivity index (χ4v) is 3.35. The lowest BCUT2D eigenvalue weighted by Crippen LogP contribution is -3.14. The molecule has 3 aromatic rings. The number of hydrogen-bond donors (Lipinski definition) is 1. The molecule has 1 aliphatic heterocycles. The van der Waals surface area contributed by atoms with Gasteiger partial charge in [0.1, 0.15) is 12.1 Å². The first-order valence-corrected chi connectivity index (χ1v) is 8.49. The summed E-state index contributed by atoms with van der Waals surface area (Å²) in [6.45, 7) is 4.24. The molecule has 0 bridgehead atoms. The van der Waals surface area contributed by atoms with Gasteiger partial charge in [0.25, 0.3) is 5.56 Å². The minimum Gasteiger partial charge on any atom is -0.360 e. The van der Waals surface area contributed by atoms with E-state index in [1.165, 1.54) is 17.0 Å². The molecule has 0 spiro atoms. The van der Waals surface area contributed by atoms with Crippen LogP contribution < -0.4 is 15.4 Å². The highest BCUT2D eigenvalue weighted by molar-refractivity contribution is 5.76. The Morgan fingerprint density at radius 3 is 2.52 bits per heavy atom. The Kier molecular flexibility index (Phi) is 4.19. The molecule has 0 atom stereocenters. The average Bonchev–Trinajstić information content (AvgIpc) is 2.66. The van der Waals surface area contributed by atoms with Gasteiger partial charge in [0.15, 0.2) is 6.67 Å². The normalized spacial score (nSPS) is 15.6. The molecule has 0 saturated carbocycles.